The summed E-state index contributed by atoms with van der Waals surface area (Å²) in [5, 5.41) is 4.95. The number of morpholine rings is 1. The summed E-state index contributed by atoms with van der Waals surface area (Å²) >= 11 is 0. The summed E-state index contributed by atoms with van der Waals surface area (Å²) in [6.45, 7) is 4.27. The number of nitrogens with zero attached hydrogens (tertiary/aromatic N) is 8. The van der Waals surface area contributed by atoms with Crippen LogP contribution in [0.4, 0.5) is 11.6 Å². The fourth-order valence-corrected chi connectivity index (χ4v) is 4.95. The molecule has 0 spiro atoms. The highest BCUT2D eigenvalue weighted by Crippen LogP contribution is 2.33. The zero-order valence-electron chi connectivity index (χ0n) is 19.8. The second kappa shape index (κ2) is 9.50. The van der Waals surface area contributed by atoms with Crippen molar-refractivity contribution in [1.82, 2.24) is 34.4 Å². The Labute approximate surface area is 208 Å². The summed E-state index contributed by atoms with van der Waals surface area (Å²) in [7, 11) is 0. The maximum absolute atomic E-state index is 12.9. The number of anilines is 2. The van der Waals surface area contributed by atoms with E-state index >= 15 is 0 Å². The van der Waals surface area contributed by atoms with Crippen LogP contribution < -0.4 is 10.6 Å². The molecule has 6 heterocycles. The molecule has 2 aliphatic heterocycles. The summed E-state index contributed by atoms with van der Waals surface area (Å²) in [6.07, 6.45) is 10.3. The van der Waals surface area contributed by atoms with E-state index in [4.69, 9.17) is 20.6 Å². The van der Waals surface area contributed by atoms with Crippen molar-refractivity contribution < 1.29 is 9.53 Å². The molecule has 36 heavy (non-hydrogen) atoms. The Morgan fingerprint density at radius 3 is 2.50 bits per heavy atom. The Bertz CT molecular complexity index is 1360. The standard InChI is InChI=1S/C25H27N9O2/c26-25-29-14-19(15-30-25)20-12-21(32-8-10-36-11-9-32)23-28-16-22(34(23)31-20)17-3-6-33(7-4-17)24(35)18-2-1-5-27-13-18/h1-2,5,12-17H,3-4,6-11H2,(H2,26,29,30). The molecule has 0 radical (unpaired) electrons. The average Bonchev–Trinajstić information content (AvgIpc) is 3.38. The van der Waals surface area contributed by atoms with Gasteiger partial charge >= 0.3 is 0 Å². The smallest absolute Gasteiger partial charge is 0.255 e. The maximum atomic E-state index is 12.9. The van der Waals surface area contributed by atoms with Gasteiger partial charge in [0.25, 0.3) is 5.91 Å². The molecular formula is C25H27N9O2. The minimum Gasteiger partial charge on any atom is -0.378 e. The van der Waals surface area contributed by atoms with E-state index in [9.17, 15) is 4.79 Å². The van der Waals surface area contributed by atoms with E-state index in [0.29, 0.717) is 31.9 Å². The first-order valence-electron chi connectivity index (χ1n) is 12.2. The number of piperidine rings is 1. The molecule has 2 saturated heterocycles. The number of carbonyl (C=O) groups is 1. The minimum absolute atomic E-state index is 0.0260. The molecule has 2 fully saturated rings. The van der Waals surface area contributed by atoms with Gasteiger partial charge < -0.3 is 20.3 Å². The molecule has 184 valence electrons. The summed E-state index contributed by atoms with van der Waals surface area (Å²) in [4.78, 5) is 34.2. The third-order valence-electron chi connectivity index (χ3n) is 6.90. The second-order valence-corrected chi connectivity index (χ2v) is 9.07. The van der Waals surface area contributed by atoms with Crippen molar-refractivity contribution in [2.24, 2.45) is 0 Å². The number of amides is 1. The fraction of sp³-hybridized carbons (Fsp3) is 0.360. The molecule has 2 N–H and O–H groups in total. The van der Waals surface area contributed by atoms with Gasteiger partial charge in [-0.25, -0.2) is 19.5 Å². The van der Waals surface area contributed by atoms with Gasteiger partial charge in [0.05, 0.1) is 42.0 Å². The van der Waals surface area contributed by atoms with E-state index in [1.54, 1.807) is 30.9 Å². The van der Waals surface area contributed by atoms with Crippen LogP contribution in [0.1, 0.15) is 34.8 Å². The van der Waals surface area contributed by atoms with Crippen LogP contribution in [-0.2, 0) is 4.74 Å². The van der Waals surface area contributed by atoms with Crippen LogP contribution in [-0.4, -0.2) is 79.7 Å². The quantitative estimate of drug-likeness (QED) is 0.462. The van der Waals surface area contributed by atoms with Gasteiger partial charge in [-0.05, 0) is 31.0 Å². The molecule has 11 nitrogen and oxygen atoms in total. The number of aromatic nitrogens is 6. The number of nitrogens with two attached hydrogens (primary N) is 1. The van der Waals surface area contributed by atoms with Crippen LogP contribution in [0.15, 0.2) is 49.2 Å². The van der Waals surface area contributed by atoms with Crippen molar-refractivity contribution in [3.8, 4) is 11.3 Å². The molecule has 6 rings (SSSR count). The van der Waals surface area contributed by atoms with Crippen LogP contribution in [0.2, 0.25) is 0 Å². The molecule has 1 amide bonds. The number of imidazole rings is 1. The zero-order valence-corrected chi connectivity index (χ0v) is 19.8. The van der Waals surface area contributed by atoms with Crippen molar-refractivity contribution in [2.75, 3.05) is 50.0 Å². The Kier molecular flexibility index (Phi) is 5.90. The predicted molar refractivity (Wildman–Crippen MR) is 134 cm³/mol. The number of fused-ring (bicyclic) bond motifs is 1. The Morgan fingerprint density at radius 1 is 1.00 bits per heavy atom. The van der Waals surface area contributed by atoms with E-state index in [1.807, 2.05) is 27.7 Å². The Balaban J connectivity index is 1.32. The Morgan fingerprint density at radius 2 is 1.78 bits per heavy atom. The lowest BCUT2D eigenvalue weighted by Crippen LogP contribution is -2.38. The molecule has 4 aromatic rings. The van der Waals surface area contributed by atoms with Crippen LogP contribution in [0, 0.1) is 0 Å². The summed E-state index contributed by atoms with van der Waals surface area (Å²) in [5.41, 5.74) is 10.8. The number of hydrogen-bond acceptors (Lipinski definition) is 9. The van der Waals surface area contributed by atoms with Crippen molar-refractivity contribution in [3.63, 3.8) is 0 Å². The van der Waals surface area contributed by atoms with E-state index in [2.05, 4.69) is 19.9 Å². The number of ether oxygens (including phenoxy) is 1. The van der Waals surface area contributed by atoms with Crippen molar-refractivity contribution in [1.29, 1.82) is 0 Å². The lowest BCUT2D eigenvalue weighted by molar-refractivity contribution is 0.0711. The first kappa shape index (κ1) is 22.4. The first-order chi connectivity index (χ1) is 17.7. The fourth-order valence-electron chi connectivity index (χ4n) is 4.95. The lowest BCUT2D eigenvalue weighted by atomic mass is 9.93. The van der Waals surface area contributed by atoms with Crippen molar-refractivity contribution in [3.05, 3.63) is 60.4 Å². The number of likely N-dealkylation sites (tertiary alicyclic amines) is 1. The van der Waals surface area contributed by atoms with Gasteiger partial charge in [0.1, 0.15) is 0 Å². The number of nitrogen functional groups attached to an aromatic ring is 1. The summed E-state index contributed by atoms with van der Waals surface area (Å²) < 4.78 is 7.53. The first-order valence-corrected chi connectivity index (χ1v) is 12.2. The number of pyridine rings is 1. The number of rotatable bonds is 4. The van der Waals surface area contributed by atoms with Gasteiger partial charge in [-0.1, -0.05) is 0 Å². The van der Waals surface area contributed by atoms with Crippen LogP contribution in [0.5, 0.6) is 0 Å². The second-order valence-electron chi connectivity index (χ2n) is 9.07. The highest BCUT2D eigenvalue weighted by molar-refractivity contribution is 5.93. The third kappa shape index (κ3) is 4.22. The normalized spacial score (nSPS) is 17.0. The van der Waals surface area contributed by atoms with Gasteiger partial charge in [-0.2, -0.15) is 5.10 Å². The number of carbonyl (C=O) groups excluding carboxylic acids is 1. The van der Waals surface area contributed by atoms with Gasteiger partial charge in [0.15, 0.2) is 5.65 Å². The summed E-state index contributed by atoms with van der Waals surface area (Å²) in [6, 6.07) is 5.65. The zero-order chi connectivity index (χ0) is 24.5. The van der Waals surface area contributed by atoms with Crippen LogP contribution in [0.3, 0.4) is 0 Å². The SMILES string of the molecule is Nc1ncc(-c2cc(N3CCOCC3)c3ncc(C4CCN(C(=O)c5cccnc5)CC4)n3n2)cn1. The predicted octanol–water partition coefficient (Wildman–Crippen LogP) is 2.02. The summed E-state index contributed by atoms with van der Waals surface area (Å²) in [5.74, 6) is 0.489. The average molecular weight is 486 g/mol. The monoisotopic (exact) mass is 485 g/mol. The molecule has 0 saturated carbocycles. The van der Waals surface area contributed by atoms with Gasteiger partial charge in [-0.15, -0.1) is 0 Å². The minimum atomic E-state index is 0.0260. The van der Waals surface area contributed by atoms with E-state index in [-0.39, 0.29) is 17.8 Å². The molecule has 0 unspecified atom stereocenters. The van der Waals surface area contributed by atoms with Crippen LogP contribution in [0.25, 0.3) is 16.9 Å². The van der Waals surface area contributed by atoms with Gasteiger partial charge in [0, 0.05) is 62.4 Å². The molecule has 0 atom stereocenters. The van der Waals surface area contributed by atoms with Crippen molar-refractivity contribution in [2.45, 2.75) is 18.8 Å². The third-order valence-corrected chi connectivity index (χ3v) is 6.90. The van der Waals surface area contributed by atoms with E-state index < -0.39 is 0 Å². The molecule has 11 heteroatoms. The molecule has 4 aromatic heterocycles. The van der Waals surface area contributed by atoms with Gasteiger partial charge in [-0.3, -0.25) is 9.78 Å². The maximum Gasteiger partial charge on any atom is 0.255 e. The number of hydrogen-bond donors (Lipinski definition) is 1. The highest BCUT2D eigenvalue weighted by Gasteiger charge is 2.28. The Hall–Kier alpha value is -4.12. The topological polar surface area (TPSA) is 128 Å². The molecule has 2 aliphatic rings. The molecular weight excluding hydrogens is 458 g/mol. The van der Waals surface area contributed by atoms with E-state index in [0.717, 1.165) is 54.2 Å². The lowest BCUT2D eigenvalue weighted by Gasteiger charge is -2.32. The van der Waals surface area contributed by atoms with Gasteiger partial charge in [0.2, 0.25) is 5.95 Å². The largest absolute Gasteiger partial charge is 0.378 e. The van der Waals surface area contributed by atoms with Crippen molar-refractivity contribution >= 4 is 23.2 Å². The molecule has 0 aromatic carbocycles. The van der Waals surface area contributed by atoms with Crippen LogP contribution >= 0.6 is 0 Å². The van der Waals surface area contributed by atoms with E-state index in [1.165, 1.54) is 0 Å². The highest BCUT2D eigenvalue weighted by atomic mass is 16.5. The molecule has 0 bridgehead atoms. The molecule has 0 aliphatic carbocycles.